The first-order valence-electron chi connectivity index (χ1n) is 8.31. The number of carbonyl (C=O) groups is 1. The Labute approximate surface area is 162 Å². The molecule has 1 amide bonds. The van der Waals surface area contributed by atoms with E-state index in [0.717, 1.165) is 6.07 Å². The summed E-state index contributed by atoms with van der Waals surface area (Å²) in [6.45, 7) is -0.127. The van der Waals surface area contributed by atoms with Crippen LogP contribution in [0.1, 0.15) is 22.7 Å². The summed E-state index contributed by atoms with van der Waals surface area (Å²) >= 11 is 0. The van der Waals surface area contributed by atoms with Crippen LogP contribution < -0.4 is 9.47 Å². The second kappa shape index (κ2) is 8.11. The number of amides is 1. The van der Waals surface area contributed by atoms with Crippen molar-refractivity contribution in [1.29, 1.82) is 0 Å². The molecule has 1 aromatic carbocycles. The van der Waals surface area contributed by atoms with Gasteiger partial charge in [0.2, 0.25) is 5.72 Å². The Morgan fingerprint density at radius 3 is 2.55 bits per heavy atom. The molecule has 1 atom stereocenters. The van der Waals surface area contributed by atoms with Gasteiger partial charge < -0.3 is 19.0 Å². The van der Waals surface area contributed by atoms with Gasteiger partial charge >= 0.3 is 5.91 Å². The Kier molecular flexibility index (Phi) is 5.78. The Morgan fingerprint density at radius 1 is 1.24 bits per heavy atom. The van der Waals surface area contributed by atoms with E-state index >= 15 is 0 Å². The fourth-order valence-corrected chi connectivity index (χ4v) is 2.67. The molecule has 156 valence electrons. The molecule has 0 radical (unpaired) electrons. The van der Waals surface area contributed by atoms with Crippen molar-refractivity contribution in [2.24, 2.45) is 5.10 Å². The van der Waals surface area contributed by atoms with Crippen molar-refractivity contribution >= 4 is 11.6 Å². The highest BCUT2D eigenvalue weighted by Gasteiger charge is 2.54. The number of halogens is 4. The minimum Gasteiger partial charge on any atom is -0.493 e. The Hall–Kier alpha value is -3.08. The molecule has 2 aromatic rings. The number of hydrazone groups is 1. The summed E-state index contributed by atoms with van der Waals surface area (Å²) in [5.74, 6) is -0.744. The molecule has 0 spiro atoms. The first-order chi connectivity index (χ1) is 13.8. The van der Waals surface area contributed by atoms with Crippen molar-refractivity contribution in [3.05, 3.63) is 47.9 Å². The number of methoxy groups -OCH3 is 1. The third kappa shape index (κ3) is 4.04. The molecule has 0 fully saturated rings. The maximum atomic E-state index is 13.2. The van der Waals surface area contributed by atoms with Gasteiger partial charge in [0.05, 0.1) is 7.11 Å². The number of hydrogen-bond acceptors (Lipinski definition) is 6. The lowest BCUT2D eigenvalue weighted by atomic mass is 10.1. The van der Waals surface area contributed by atoms with Crippen LogP contribution in [0.15, 0.2) is 45.9 Å². The molecule has 2 heterocycles. The zero-order valence-electron chi connectivity index (χ0n) is 15.0. The number of benzene rings is 1. The molecule has 0 aliphatic carbocycles. The van der Waals surface area contributed by atoms with Gasteiger partial charge in [0.15, 0.2) is 17.3 Å². The standard InChI is InChI=1S/C18H16F4N2O5/c1-27-12-4-2-3-5-13(12)28-9-10-6-7-14(29-10)16(25)24-18(26,17(21)22)8-11(23-24)15(19)20/h2-7,15,17,26H,8-9H2,1H3/t18-/m0/s1. The molecule has 7 nitrogen and oxygen atoms in total. The number of aliphatic hydroxyl groups is 1. The van der Waals surface area contributed by atoms with E-state index in [1.165, 1.54) is 13.2 Å². The van der Waals surface area contributed by atoms with Gasteiger partial charge in [-0.25, -0.2) is 17.6 Å². The molecule has 1 aliphatic rings. The molecule has 0 saturated heterocycles. The van der Waals surface area contributed by atoms with Crippen molar-refractivity contribution < 1.29 is 41.4 Å². The molecule has 0 unspecified atom stereocenters. The molecule has 3 rings (SSSR count). The van der Waals surface area contributed by atoms with E-state index < -0.39 is 42.4 Å². The molecule has 0 saturated carbocycles. The van der Waals surface area contributed by atoms with Crippen LogP contribution in [0.3, 0.4) is 0 Å². The zero-order chi connectivity index (χ0) is 21.2. The van der Waals surface area contributed by atoms with Crippen molar-refractivity contribution in [2.75, 3.05) is 7.11 Å². The van der Waals surface area contributed by atoms with Gasteiger partial charge in [0.25, 0.3) is 12.9 Å². The normalized spacial score (nSPS) is 19.0. The first kappa shape index (κ1) is 20.6. The Bertz CT molecular complexity index is 917. The van der Waals surface area contributed by atoms with Gasteiger partial charge in [-0.1, -0.05) is 12.1 Å². The number of rotatable bonds is 7. The number of para-hydroxylation sites is 2. The number of ether oxygens (including phenoxy) is 2. The smallest absolute Gasteiger partial charge is 0.312 e. The van der Waals surface area contributed by atoms with E-state index in [-0.39, 0.29) is 17.4 Å². The van der Waals surface area contributed by atoms with Gasteiger partial charge in [-0.05, 0) is 24.3 Å². The number of hydrogen-bond donors (Lipinski definition) is 1. The van der Waals surface area contributed by atoms with Crippen LogP contribution in [0.25, 0.3) is 0 Å². The maximum Gasteiger partial charge on any atom is 0.312 e. The lowest BCUT2D eigenvalue weighted by molar-refractivity contribution is -0.164. The van der Waals surface area contributed by atoms with Gasteiger partial charge in [0, 0.05) is 6.42 Å². The van der Waals surface area contributed by atoms with E-state index in [2.05, 4.69) is 5.10 Å². The Balaban J connectivity index is 1.76. The summed E-state index contributed by atoms with van der Waals surface area (Å²) in [6.07, 6.45) is -7.88. The van der Waals surface area contributed by atoms with Crippen LogP contribution in [-0.2, 0) is 6.61 Å². The Morgan fingerprint density at radius 2 is 1.93 bits per heavy atom. The van der Waals surface area contributed by atoms with Crippen LogP contribution in [0, 0.1) is 0 Å². The van der Waals surface area contributed by atoms with Crippen LogP contribution in [0.2, 0.25) is 0 Å². The van der Waals surface area contributed by atoms with Gasteiger partial charge in [-0.15, -0.1) is 0 Å². The van der Waals surface area contributed by atoms with Gasteiger partial charge in [-0.2, -0.15) is 10.1 Å². The second-order valence-corrected chi connectivity index (χ2v) is 6.07. The van der Waals surface area contributed by atoms with E-state index in [1.807, 2.05) is 0 Å². The van der Waals surface area contributed by atoms with E-state index in [4.69, 9.17) is 13.9 Å². The van der Waals surface area contributed by atoms with Crippen molar-refractivity contribution in [1.82, 2.24) is 5.01 Å². The fourth-order valence-electron chi connectivity index (χ4n) is 2.67. The molecular weight excluding hydrogens is 400 g/mol. The lowest BCUT2D eigenvalue weighted by Crippen LogP contribution is -2.51. The predicted molar refractivity (Wildman–Crippen MR) is 91.2 cm³/mol. The molecular formula is C18H16F4N2O5. The van der Waals surface area contributed by atoms with E-state index in [0.29, 0.717) is 11.5 Å². The largest absolute Gasteiger partial charge is 0.493 e. The highest BCUT2D eigenvalue weighted by Crippen LogP contribution is 2.34. The van der Waals surface area contributed by atoms with Crippen LogP contribution in [0.4, 0.5) is 17.6 Å². The minimum absolute atomic E-state index is 0.0666. The first-order valence-corrected chi connectivity index (χ1v) is 8.31. The highest BCUT2D eigenvalue weighted by molar-refractivity contribution is 5.97. The lowest BCUT2D eigenvalue weighted by Gasteiger charge is -2.29. The van der Waals surface area contributed by atoms with Crippen LogP contribution in [0.5, 0.6) is 11.5 Å². The summed E-state index contributed by atoms with van der Waals surface area (Å²) in [6, 6.07) is 9.25. The third-order valence-electron chi connectivity index (χ3n) is 4.14. The summed E-state index contributed by atoms with van der Waals surface area (Å²) in [4.78, 5) is 12.4. The SMILES string of the molecule is COc1ccccc1OCc1ccc(C(=O)N2N=C(C(F)F)C[C@]2(O)C(F)F)o1. The van der Waals surface area contributed by atoms with Crippen LogP contribution in [-0.4, -0.2) is 47.4 Å². The predicted octanol–water partition coefficient (Wildman–Crippen LogP) is 3.29. The summed E-state index contributed by atoms with van der Waals surface area (Å²) < 4.78 is 68.1. The van der Waals surface area contributed by atoms with Crippen molar-refractivity contribution in [2.45, 2.75) is 31.6 Å². The second-order valence-electron chi connectivity index (χ2n) is 6.07. The van der Waals surface area contributed by atoms with E-state index in [1.54, 1.807) is 24.3 Å². The number of carbonyl (C=O) groups excluding carboxylic acids is 1. The monoisotopic (exact) mass is 416 g/mol. The molecule has 1 aromatic heterocycles. The average molecular weight is 416 g/mol. The van der Waals surface area contributed by atoms with Gasteiger partial charge in [0.1, 0.15) is 18.1 Å². The van der Waals surface area contributed by atoms with Crippen molar-refractivity contribution in [3.63, 3.8) is 0 Å². The molecule has 11 heteroatoms. The molecule has 29 heavy (non-hydrogen) atoms. The number of alkyl halides is 4. The quantitative estimate of drug-likeness (QED) is 0.701. The van der Waals surface area contributed by atoms with Gasteiger partial charge in [-0.3, -0.25) is 4.79 Å². The fraction of sp³-hybridized carbons (Fsp3) is 0.333. The number of furan rings is 1. The number of nitrogens with zero attached hydrogens (tertiary/aromatic N) is 2. The summed E-state index contributed by atoms with van der Waals surface area (Å²) in [7, 11) is 1.46. The third-order valence-corrected chi connectivity index (χ3v) is 4.14. The van der Waals surface area contributed by atoms with Crippen LogP contribution >= 0.6 is 0 Å². The molecule has 0 bridgehead atoms. The zero-order valence-corrected chi connectivity index (χ0v) is 15.0. The van der Waals surface area contributed by atoms with E-state index in [9.17, 15) is 27.5 Å². The molecule has 1 aliphatic heterocycles. The molecule has 1 N–H and O–H groups in total. The summed E-state index contributed by atoms with van der Waals surface area (Å²) in [5, 5.41) is 13.1. The minimum atomic E-state index is -3.52. The highest BCUT2D eigenvalue weighted by atomic mass is 19.3. The topological polar surface area (TPSA) is 84.5 Å². The maximum absolute atomic E-state index is 13.2. The summed E-state index contributed by atoms with van der Waals surface area (Å²) in [5.41, 5.74) is -4.20. The average Bonchev–Trinajstić information content (AvgIpc) is 3.31. The van der Waals surface area contributed by atoms with Crippen molar-refractivity contribution in [3.8, 4) is 11.5 Å².